The van der Waals surface area contributed by atoms with Gasteiger partial charge in [-0.25, -0.2) is 0 Å². The maximum absolute atomic E-state index is 9.37. The molecule has 1 aromatic rings. The summed E-state index contributed by atoms with van der Waals surface area (Å²) in [6.07, 6.45) is 1.36. The van der Waals surface area contributed by atoms with Crippen molar-refractivity contribution in [3.63, 3.8) is 0 Å². The second kappa shape index (κ2) is 4.28. The van der Waals surface area contributed by atoms with Crippen molar-refractivity contribution in [1.82, 2.24) is 15.5 Å². The molecule has 1 aliphatic rings. The van der Waals surface area contributed by atoms with Gasteiger partial charge in [0.1, 0.15) is 0 Å². The van der Waals surface area contributed by atoms with E-state index in [9.17, 15) is 5.11 Å². The Morgan fingerprint density at radius 1 is 1.67 bits per heavy atom. The van der Waals surface area contributed by atoms with Gasteiger partial charge in [-0.15, -0.1) is 0 Å². The lowest BCUT2D eigenvalue weighted by molar-refractivity contribution is 0.191. The van der Waals surface area contributed by atoms with E-state index >= 15 is 0 Å². The first kappa shape index (κ1) is 10.6. The predicted octanol–water partition coefficient (Wildman–Crippen LogP) is 0.978. The highest BCUT2D eigenvalue weighted by atomic mass is 16.5. The number of nitrogens with one attached hydrogen (secondary N) is 1. The van der Waals surface area contributed by atoms with Crippen LogP contribution in [-0.2, 0) is 0 Å². The van der Waals surface area contributed by atoms with Crippen LogP contribution in [0.25, 0.3) is 0 Å². The molecule has 1 unspecified atom stereocenters. The molecule has 2 N–H and O–H groups in total. The Hall–Kier alpha value is -0.940. The molecule has 2 heterocycles. The summed E-state index contributed by atoms with van der Waals surface area (Å²) in [6.45, 7) is 4.77. The monoisotopic (exact) mass is 211 g/mol. The van der Waals surface area contributed by atoms with E-state index in [1.165, 1.54) is 0 Å². The molecule has 3 atom stereocenters. The number of aromatic nitrogens is 2. The van der Waals surface area contributed by atoms with E-state index in [1.807, 2.05) is 0 Å². The lowest BCUT2D eigenvalue weighted by Gasteiger charge is -2.02. The van der Waals surface area contributed by atoms with Gasteiger partial charge >= 0.3 is 0 Å². The Balaban J connectivity index is 2.07. The molecule has 0 aromatic carbocycles. The molecule has 1 aromatic heterocycles. The number of aliphatic hydroxyl groups is 1. The first-order valence-electron chi connectivity index (χ1n) is 5.45. The zero-order valence-corrected chi connectivity index (χ0v) is 9.10. The van der Waals surface area contributed by atoms with E-state index in [-0.39, 0.29) is 12.1 Å². The van der Waals surface area contributed by atoms with E-state index in [1.54, 1.807) is 0 Å². The first-order valence-corrected chi connectivity index (χ1v) is 5.45. The van der Waals surface area contributed by atoms with Crippen LogP contribution in [0.1, 0.15) is 50.4 Å². The van der Waals surface area contributed by atoms with Crippen LogP contribution in [0.4, 0.5) is 0 Å². The number of aliphatic hydroxyl groups excluding tert-OH is 1. The predicted molar refractivity (Wildman–Crippen MR) is 54.4 cm³/mol. The molecule has 5 heteroatoms. The third-order valence-electron chi connectivity index (χ3n) is 2.92. The minimum Gasteiger partial charge on any atom is -0.392 e. The second-order valence-electron chi connectivity index (χ2n) is 4.15. The fourth-order valence-electron chi connectivity index (χ4n) is 1.68. The lowest BCUT2D eigenvalue weighted by Crippen LogP contribution is -2.15. The summed E-state index contributed by atoms with van der Waals surface area (Å²) in [5.74, 6) is 1.69. The molecule has 84 valence electrons. The molecule has 0 saturated carbocycles. The number of hydrogen-bond acceptors (Lipinski definition) is 5. The maximum atomic E-state index is 9.37. The summed E-state index contributed by atoms with van der Waals surface area (Å²) >= 11 is 0. The Bertz CT molecular complexity index is 326. The molecule has 1 fully saturated rings. The summed E-state index contributed by atoms with van der Waals surface area (Å²) in [7, 11) is 0. The standard InChI is InChI=1S/C10H17N3O2/c1-3-6(2)9-12-10(15-13-9)8-4-7(14)5-11-8/h6-8,11,14H,3-5H2,1-2H3/t6?,7-,8+/m0/s1. The molecular formula is C10H17N3O2. The summed E-state index contributed by atoms with van der Waals surface area (Å²) in [5.41, 5.74) is 0. The number of nitrogens with zero attached hydrogens (tertiary/aromatic N) is 2. The normalized spacial score (nSPS) is 28.2. The molecule has 2 rings (SSSR count). The molecule has 1 aliphatic heterocycles. The van der Waals surface area contributed by atoms with Crippen molar-refractivity contribution in [3.05, 3.63) is 11.7 Å². The van der Waals surface area contributed by atoms with Crippen LogP contribution >= 0.6 is 0 Å². The van der Waals surface area contributed by atoms with Gasteiger partial charge in [0.25, 0.3) is 0 Å². The molecule has 0 amide bonds. The van der Waals surface area contributed by atoms with Gasteiger partial charge in [-0.1, -0.05) is 19.0 Å². The SMILES string of the molecule is CCC(C)c1noc([C@H]2C[C@H](O)CN2)n1. The largest absolute Gasteiger partial charge is 0.392 e. The van der Waals surface area contributed by atoms with Gasteiger partial charge in [-0.05, 0) is 12.8 Å². The fourth-order valence-corrected chi connectivity index (χ4v) is 1.68. The Morgan fingerprint density at radius 3 is 3.07 bits per heavy atom. The van der Waals surface area contributed by atoms with Crippen molar-refractivity contribution in [2.75, 3.05) is 6.54 Å². The average Bonchev–Trinajstić information content (AvgIpc) is 2.84. The summed E-state index contributed by atoms with van der Waals surface area (Å²) < 4.78 is 5.19. The van der Waals surface area contributed by atoms with Crippen molar-refractivity contribution in [2.24, 2.45) is 0 Å². The van der Waals surface area contributed by atoms with Gasteiger partial charge in [-0.3, -0.25) is 0 Å². The highest BCUT2D eigenvalue weighted by Crippen LogP contribution is 2.23. The Kier molecular flexibility index (Phi) is 3.02. The number of rotatable bonds is 3. The minimum absolute atomic E-state index is 0.0188. The topological polar surface area (TPSA) is 71.2 Å². The third-order valence-corrected chi connectivity index (χ3v) is 2.92. The van der Waals surface area contributed by atoms with Crippen LogP contribution < -0.4 is 5.32 Å². The van der Waals surface area contributed by atoms with Crippen LogP contribution in [0.2, 0.25) is 0 Å². The Morgan fingerprint density at radius 2 is 2.47 bits per heavy atom. The van der Waals surface area contributed by atoms with Crippen LogP contribution in [0.3, 0.4) is 0 Å². The zero-order valence-electron chi connectivity index (χ0n) is 9.10. The van der Waals surface area contributed by atoms with Gasteiger partial charge in [0.2, 0.25) is 5.89 Å². The van der Waals surface area contributed by atoms with Gasteiger partial charge in [-0.2, -0.15) is 4.98 Å². The van der Waals surface area contributed by atoms with Crippen LogP contribution in [0.5, 0.6) is 0 Å². The van der Waals surface area contributed by atoms with Crippen molar-refractivity contribution < 1.29 is 9.63 Å². The molecule has 0 aliphatic carbocycles. The molecule has 0 radical (unpaired) electrons. The van der Waals surface area contributed by atoms with E-state index < -0.39 is 0 Å². The Labute approximate surface area is 88.9 Å². The van der Waals surface area contributed by atoms with Crippen molar-refractivity contribution in [2.45, 2.75) is 44.8 Å². The third kappa shape index (κ3) is 2.18. The van der Waals surface area contributed by atoms with E-state index in [2.05, 4.69) is 29.3 Å². The highest BCUT2D eigenvalue weighted by molar-refractivity contribution is 5.00. The van der Waals surface area contributed by atoms with Crippen molar-refractivity contribution >= 4 is 0 Å². The fraction of sp³-hybridized carbons (Fsp3) is 0.800. The minimum atomic E-state index is -0.297. The molecular weight excluding hydrogens is 194 g/mol. The van der Waals surface area contributed by atoms with Crippen LogP contribution in [0, 0.1) is 0 Å². The smallest absolute Gasteiger partial charge is 0.243 e. The van der Waals surface area contributed by atoms with Crippen LogP contribution in [-0.4, -0.2) is 27.9 Å². The molecule has 0 bridgehead atoms. The van der Waals surface area contributed by atoms with Gasteiger partial charge < -0.3 is 14.9 Å². The van der Waals surface area contributed by atoms with E-state index in [0.29, 0.717) is 24.8 Å². The highest BCUT2D eigenvalue weighted by Gasteiger charge is 2.28. The average molecular weight is 211 g/mol. The lowest BCUT2D eigenvalue weighted by atomic mass is 10.1. The molecule has 0 spiro atoms. The number of β-amino-alcohol motifs (C(OH)–C–C–N with tert-alkyl or cyclic N) is 1. The molecule has 1 saturated heterocycles. The maximum Gasteiger partial charge on any atom is 0.243 e. The molecule has 15 heavy (non-hydrogen) atoms. The second-order valence-corrected chi connectivity index (χ2v) is 4.15. The van der Waals surface area contributed by atoms with E-state index in [0.717, 1.165) is 12.2 Å². The zero-order chi connectivity index (χ0) is 10.8. The van der Waals surface area contributed by atoms with Crippen molar-refractivity contribution in [3.8, 4) is 0 Å². The van der Waals surface area contributed by atoms with Crippen LogP contribution in [0.15, 0.2) is 4.52 Å². The summed E-state index contributed by atoms with van der Waals surface area (Å²) in [5, 5.41) is 16.5. The van der Waals surface area contributed by atoms with Gasteiger partial charge in [0.15, 0.2) is 5.82 Å². The quantitative estimate of drug-likeness (QED) is 0.779. The number of hydrogen-bond donors (Lipinski definition) is 2. The first-order chi connectivity index (χ1) is 7.20. The summed E-state index contributed by atoms with van der Waals surface area (Å²) in [4.78, 5) is 4.35. The van der Waals surface area contributed by atoms with Crippen molar-refractivity contribution in [1.29, 1.82) is 0 Å². The van der Waals surface area contributed by atoms with Gasteiger partial charge in [0.05, 0.1) is 12.1 Å². The molecule has 5 nitrogen and oxygen atoms in total. The van der Waals surface area contributed by atoms with Gasteiger partial charge in [0, 0.05) is 12.5 Å². The summed E-state index contributed by atoms with van der Waals surface area (Å²) in [6, 6.07) is 0.0188. The van der Waals surface area contributed by atoms with E-state index in [4.69, 9.17) is 4.52 Å².